The fourth-order valence-corrected chi connectivity index (χ4v) is 2.97. The Balaban J connectivity index is 2.06. The van der Waals surface area contributed by atoms with Gasteiger partial charge in [0.05, 0.1) is 23.8 Å². The third-order valence-corrected chi connectivity index (χ3v) is 3.92. The van der Waals surface area contributed by atoms with Crippen molar-refractivity contribution in [2.45, 2.75) is 31.7 Å². The number of amides is 1. The highest BCUT2D eigenvalue weighted by atomic mass is 16.5. The number of fused-ring (bicyclic) bond motifs is 3. The van der Waals surface area contributed by atoms with Gasteiger partial charge in [0.1, 0.15) is 24.6 Å². The first-order valence-corrected chi connectivity index (χ1v) is 7.32. The average molecular weight is 321 g/mol. The summed E-state index contributed by atoms with van der Waals surface area (Å²) >= 11 is 0. The van der Waals surface area contributed by atoms with E-state index in [0.29, 0.717) is 12.3 Å². The minimum Gasteiger partial charge on any atom is -0.490 e. The van der Waals surface area contributed by atoms with Gasteiger partial charge in [0.25, 0.3) is 0 Å². The van der Waals surface area contributed by atoms with Crippen molar-refractivity contribution in [2.24, 2.45) is 0 Å². The standard InChI is InChI=1S/C15H19N3O5/c1-8(17-15(20)21)6-18-13-9(5-16-18)3-4-11-12(13)14(22-2)10(19)7-23-11/h3-5,8,10,14,17,19H,6-7H2,1-2H3,(H,20,21)/t8-,10?,14?/m0/s1. The Hall–Kier alpha value is -2.32. The summed E-state index contributed by atoms with van der Waals surface area (Å²) in [4.78, 5) is 10.8. The van der Waals surface area contributed by atoms with E-state index in [4.69, 9.17) is 14.6 Å². The fraction of sp³-hybridized carbons (Fsp3) is 0.467. The number of methoxy groups -OCH3 is 1. The van der Waals surface area contributed by atoms with E-state index >= 15 is 0 Å². The molecule has 0 saturated carbocycles. The molecule has 8 nitrogen and oxygen atoms in total. The molecule has 124 valence electrons. The van der Waals surface area contributed by atoms with Gasteiger partial charge in [-0.05, 0) is 19.1 Å². The number of aromatic nitrogens is 2. The number of carbonyl (C=O) groups is 1. The molecule has 0 saturated heterocycles. The summed E-state index contributed by atoms with van der Waals surface area (Å²) in [7, 11) is 1.54. The molecule has 0 fully saturated rings. The lowest BCUT2D eigenvalue weighted by Crippen LogP contribution is -2.35. The largest absolute Gasteiger partial charge is 0.490 e. The van der Waals surface area contributed by atoms with Gasteiger partial charge in [-0.3, -0.25) is 4.68 Å². The molecular weight excluding hydrogens is 302 g/mol. The normalized spacial score (nSPS) is 21.5. The highest BCUT2D eigenvalue weighted by molar-refractivity contribution is 5.85. The van der Waals surface area contributed by atoms with Crippen LogP contribution in [0.1, 0.15) is 18.6 Å². The third kappa shape index (κ3) is 2.82. The van der Waals surface area contributed by atoms with Crippen molar-refractivity contribution in [3.63, 3.8) is 0 Å². The monoisotopic (exact) mass is 321 g/mol. The molecule has 1 aliphatic rings. The average Bonchev–Trinajstić information content (AvgIpc) is 2.89. The predicted octanol–water partition coefficient (Wildman–Crippen LogP) is 1.13. The minimum absolute atomic E-state index is 0.169. The van der Waals surface area contributed by atoms with Crippen LogP contribution < -0.4 is 10.1 Å². The molecule has 1 aliphatic heterocycles. The second-order valence-corrected chi connectivity index (χ2v) is 5.63. The van der Waals surface area contributed by atoms with Crippen molar-refractivity contribution in [1.29, 1.82) is 0 Å². The highest BCUT2D eigenvalue weighted by Gasteiger charge is 2.32. The quantitative estimate of drug-likeness (QED) is 0.779. The van der Waals surface area contributed by atoms with Crippen LogP contribution in [0.5, 0.6) is 5.75 Å². The lowest BCUT2D eigenvalue weighted by atomic mass is 9.98. The summed E-state index contributed by atoms with van der Waals surface area (Å²) in [5.41, 5.74) is 1.52. The lowest BCUT2D eigenvalue weighted by Gasteiger charge is -2.30. The molecule has 0 radical (unpaired) electrons. The van der Waals surface area contributed by atoms with E-state index in [-0.39, 0.29) is 12.6 Å². The van der Waals surface area contributed by atoms with Crippen molar-refractivity contribution in [2.75, 3.05) is 13.7 Å². The van der Waals surface area contributed by atoms with E-state index < -0.39 is 18.3 Å². The van der Waals surface area contributed by atoms with Crippen LogP contribution in [0.3, 0.4) is 0 Å². The second-order valence-electron chi connectivity index (χ2n) is 5.63. The van der Waals surface area contributed by atoms with E-state index in [1.807, 2.05) is 12.1 Å². The molecule has 0 bridgehead atoms. The van der Waals surface area contributed by atoms with E-state index in [1.165, 1.54) is 7.11 Å². The maximum absolute atomic E-state index is 10.8. The van der Waals surface area contributed by atoms with Gasteiger partial charge >= 0.3 is 6.09 Å². The van der Waals surface area contributed by atoms with Gasteiger partial charge in [-0.15, -0.1) is 0 Å². The van der Waals surface area contributed by atoms with Crippen LogP contribution in [0.4, 0.5) is 4.79 Å². The Morgan fingerprint density at radius 3 is 3.09 bits per heavy atom. The van der Waals surface area contributed by atoms with Gasteiger partial charge < -0.3 is 25.0 Å². The maximum Gasteiger partial charge on any atom is 0.404 e. The van der Waals surface area contributed by atoms with Crippen LogP contribution in [-0.4, -0.2) is 51.9 Å². The van der Waals surface area contributed by atoms with Crippen LogP contribution in [0.15, 0.2) is 18.3 Å². The smallest absolute Gasteiger partial charge is 0.404 e. The molecule has 0 spiro atoms. The first kappa shape index (κ1) is 15.6. The minimum atomic E-state index is -1.08. The van der Waals surface area contributed by atoms with Gasteiger partial charge in [-0.2, -0.15) is 5.10 Å². The Kier molecular flexibility index (Phi) is 4.10. The number of hydrogen-bond acceptors (Lipinski definition) is 5. The van der Waals surface area contributed by atoms with Crippen molar-refractivity contribution in [1.82, 2.24) is 15.1 Å². The molecule has 3 atom stereocenters. The van der Waals surface area contributed by atoms with Gasteiger partial charge in [-0.25, -0.2) is 4.79 Å². The number of aliphatic hydroxyl groups excluding tert-OH is 1. The molecule has 1 aromatic carbocycles. The van der Waals surface area contributed by atoms with Crippen LogP contribution in [0.25, 0.3) is 10.9 Å². The van der Waals surface area contributed by atoms with Crippen molar-refractivity contribution >= 4 is 17.0 Å². The highest BCUT2D eigenvalue weighted by Crippen LogP contribution is 2.39. The predicted molar refractivity (Wildman–Crippen MR) is 81.6 cm³/mol. The molecule has 1 amide bonds. The summed E-state index contributed by atoms with van der Waals surface area (Å²) in [5, 5.41) is 26.6. The third-order valence-electron chi connectivity index (χ3n) is 3.92. The van der Waals surface area contributed by atoms with Crippen LogP contribution in [-0.2, 0) is 11.3 Å². The molecular formula is C15H19N3O5. The molecule has 8 heteroatoms. The maximum atomic E-state index is 10.8. The zero-order valence-corrected chi connectivity index (χ0v) is 12.9. The molecule has 3 N–H and O–H groups in total. The summed E-state index contributed by atoms with van der Waals surface area (Å²) in [6.45, 7) is 2.29. The first-order chi connectivity index (χ1) is 11.0. The molecule has 0 aliphatic carbocycles. The summed E-state index contributed by atoms with van der Waals surface area (Å²) in [5.74, 6) is 0.648. The number of nitrogens with one attached hydrogen (secondary N) is 1. The van der Waals surface area contributed by atoms with Crippen LogP contribution in [0.2, 0.25) is 0 Å². The summed E-state index contributed by atoms with van der Waals surface area (Å²) in [6.07, 6.45) is -0.655. The Labute approximate surface area is 132 Å². The Morgan fingerprint density at radius 2 is 2.39 bits per heavy atom. The van der Waals surface area contributed by atoms with Gasteiger partial charge in [-0.1, -0.05) is 0 Å². The number of benzene rings is 1. The van der Waals surface area contributed by atoms with E-state index in [2.05, 4.69) is 10.4 Å². The first-order valence-electron chi connectivity index (χ1n) is 7.32. The summed E-state index contributed by atoms with van der Waals surface area (Å²) in [6, 6.07) is 3.40. The molecule has 2 heterocycles. The molecule has 23 heavy (non-hydrogen) atoms. The SMILES string of the molecule is COC1c2c(ccc3cnn(C[C@H](C)NC(=O)O)c23)OCC1O. The second kappa shape index (κ2) is 6.05. The van der Waals surface area contributed by atoms with E-state index in [9.17, 15) is 9.90 Å². The number of rotatable bonds is 4. The van der Waals surface area contributed by atoms with Gasteiger partial charge in [0, 0.05) is 18.5 Å². The summed E-state index contributed by atoms with van der Waals surface area (Å²) < 4.78 is 12.8. The van der Waals surface area contributed by atoms with E-state index in [1.54, 1.807) is 17.8 Å². The van der Waals surface area contributed by atoms with Crippen LogP contribution in [0, 0.1) is 0 Å². The Morgan fingerprint density at radius 1 is 1.61 bits per heavy atom. The van der Waals surface area contributed by atoms with Crippen molar-refractivity contribution in [3.05, 3.63) is 23.9 Å². The van der Waals surface area contributed by atoms with Gasteiger partial charge in [0.15, 0.2) is 0 Å². The van der Waals surface area contributed by atoms with Crippen molar-refractivity contribution < 1.29 is 24.5 Å². The van der Waals surface area contributed by atoms with Gasteiger partial charge in [0.2, 0.25) is 0 Å². The van der Waals surface area contributed by atoms with E-state index in [0.717, 1.165) is 16.5 Å². The molecule has 2 unspecified atom stereocenters. The molecule has 3 rings (SSSR count). The number of carboxylic acid groups (broad SMARTS) is 1. The Bertz CT molecular complexity index is 729. The number of hydrogen-bond donors (Lipinski definition) is 3. The molecule has 2 aromatic rings. The zero-order valence-electron chi connectivity index (χ0n) is 12.9. The molecule has 1 aromatic heterocycles. The van der Waals surface area contributed by atoms with Crippen molar-refractivity contribution in [3.8, 4) is 5.75 Å². The topological polar surface area (TPSA) is 106 Å². The lowest BCUT2D eigenvalue weighted by molar-refractivity contribution is -0.0482. The fourth-order valence-electron chi connectivity index (χ4n) is 2.97. The number of nitrogens with zero attached hydrogens (tertiary/aromatic N) is 2. The van der Waals surface area contributed by atoms with Crippen LogP contribution >= 0.6 is 0 Å². The number of ether oxygens (including phenoxy) is 2. The zero-order chi connectivity index (χ0) is 16.6. The number of aliphatic hydroxyl groups is 1.